The van der Waals surface area contributed by atoms with Gasteiger partial charge in [-0.15, -0.1) is 0 Å². The first-order chi connectivity index (χ1) is 10.6. The highest BCUT2D eigenvalue weighted by Crippen LogP contribution is 2.17. The highest BCUT2D eigenvalue weighted by molar-refractivity contribution is 7.07. The number of urea groups is 1. The normalized spacial score (nSPS) is 19.5. The van der Waals surface area contributed by atoms with Gasteiger partial charge in [-0.25, -0.2) is 4.79 Å². The van der Waals surface area contributed by atoms with Crippen LogP contribution in [-0.4, -0.2) is 42.5 Å². The molecule has 122 valence electrons. The van der Waals surface area contributed by atoms with E-state index in [0.717, 1.165) is 25.8 Å². The Morgan fingerprint density at radius 1 is 1.50 bits per heavy atom. The van der Waals surface area contributed by atoms with Crippen LogP contribution in [0.2, 0.25) is 0 Å². The summed E-state index contributed by atoms with van der Waals surface area (Å²) in [5, 5.41) is 10.0. The monoisotopic (exact) mass is 323 g/mol. The summed E-state index contributed by atoms with van der Waals surface area (Å²) in [6.45, 7) is 5.81. The SMILES string of the molecule is CCNC(=O)[C@@H]1CCCN(C(=O)N[C@@H](C)Cc2ccsc2)C1. The molecule has 1 aromatic rings. The third-order valence-corrected chi connectivity index (χ3v) is 4.65. The van der Waals surface area contributed by atoms with Crippen molar-refractivity contribution in [2.24, 2.45) is 5.92 Å². The topological polar surface area (TPSA) is 61.4 Å². The van der Waals surface area contributed by atoms with E-state index in [1.165, 1.54) is 5.56 Å². The molecule has 0 radical (unpaired) electrons. The molecule has 0 aliphatic carbocycles. The number of likely N-dealkylation sites (tertiary alicyclic amines) is 1. The van der Waals surface area contributed by atoms with E-state index in [4.69, 9.17) is 0 Å². The number of carbonyl (C=O) groups is 2. The van der Waals surface area contributed by atoms with Crippen LogP contribution >= 0.6 is 11.3 Å². The molecule has 1 fully saturated rings. The number of piperidine rings is 1. The van der Waals surface area contributed by atoms with E-state index in [1.807, 2.05) is 19.2 Å². The van der Waals surface area contributed by atoms with Crippen molar-refractivity contribution in [3.05, 3.63) is 22.4 Å². The molecule has 1 aliphatic rings. The Morgan fingerprint density at radius 2 is 2.32 bits per heavy atom. The van der Waals surface area contributed by atoms with E-state index in [-0.39, 0.29) is 23.9 Å². The van der Waals surface area contributed by atoms with Gasteiger partial charge in [0.1, 0.15) is 0 Å². The highest BCUT2D eigenvalue weighted by atomic mass is 32.1. The van der Waals surface area contributed by atoms with Gasteiger partial charge in [0.25, 0.3) is 0 Å². The van der Waals surface area contributed by atoms with Crippen LogP contribution < -0.4 is 10.6 Å². The second-order valence-electron chi connectivity index (χ2n) is 5.87. The summed E-state index contributed by atoms with van der Waals surface area (Å²) in [6, 6.07) is 2.11. The van der Waals surface area contributed by atoms with Crippen molar-refractivity contribution in [3.8, 4) is 0 Å². The van der Waals surface area contributed by atoms with E-state index >= 15 is 0 Å². The number of rotatable bonds is 5. The third kappa shape index (κ3) is 4.73. The standard InChI is InChI=1S/C16H25N3O2S/c1-3-17-15(20)14-5-4-7-19(10-14)16(21)18-12(2)9-13-6-8-22-11-13/h6,8,11-12,14H,3-5,7,9-10H2,1-2H3,(H,17,20)(H,18,21)/t12-,14+/m0/s1. The highest BCUT2D eigenvalue weighted by Gasteiger charge is 2.28. The van der Waals surface area contributed by atoms with E-state index in [9.17, 15) is 9.59 Å². The average molecular weight is 323 g/mol. The zero-order valence-corrected chi connectivity index (χ0v) is 14.1. The van der Waals surface area contributed by atoms with Gasteiger partial charge in [0.2, 0.25) is 5.91 Å². The molecule has 6 heteroatoms. The molecule has 3 amide bonds. The molecule has 1 aromatic heterocycles. The van der Waals surface area contributed by atoms with Gasteiger partial charge >= 0.3 is 6.03 Å². The summed E-state index contributed by atoms with van der Waals surface area (Å²) in [7, 11) is 0. The van der Waals surface area contributed by atoms with Crippen LogP contribution in [0.5, 0.6) is 0 Å². The number of hydrogen-bond donors (Lipinski definition) is 2. The molecule has 1 saturated heterocycles. The van der Waals surface area contributed by atoms with Gasteiger partial charge in [-0.3, -0.25) is 4.79 Å². The fraction of sp³-hybridized carbons (Fsp3) is 0.625. The second-order valence-corrected chi connectivity index (χ2v) is 6.65. The largest absolute Gasteiger partial charge is 0.356 e. The maximum atomic E-state index is 12.3. The van der Waals surface area contributed by atoms with Gasteiger partial charge in [-0.2, -0.15) is 11.3 Å². The lowest BCUT2D eigenvalue weighted by Crippen LogP contribution is -2.50. The molecule has 2 atom stereocenters. The minimum Gasteiger partial charge on any atom is -0.356 e. The van der Waals surface area contributed by atoms with E-state index < -0.39 is 0 Å². The molecule has 2 heterocycles. The Morgan fingerprint density at radius 3 is 3.00 bits per heavy atom. The van der Waals surface area contributed by atoms with Gasteiger partial charge in [0.05, 0.1) is 5.92 Å². The van der Waals surface area contributed by atoms with Gasteiger partial charge in [0, 0.05) is 25.7 Å². The van der Waals surface area contributed by atoms with Crippen LogP contribution in [0.15, 0.2) is 16.8 Å². The quantitative estimate of drug-likeness (QED) is 0.873. The first-order valence-corrected chi connectivity index (χ1v) is 8.88. The summed E-state index contributed by atoms with van der Waals surface area (Å²) in [5.41, 5.74) is 1.25. The number of nitrogens with one attached hydrogen (secondary N) is 2. The second kappa shape index (κ2) is 8.17. The summed E-state index contributed by atoms with van der Waals surface area (Å²) >= 11 is 1.67. The lowest BCUT2D eigenvalue weighted by Gasteiger charge is -2.32. The van der Waals surface area contributed by atoms with Crippen molar-refractivity contribution in [2.75, 3.05) is 19.6 Å². The Hall–Kier alpha value is -1.56. The van der Waals surface area contributed by atoms with Crippen molar-refractivity contribution in [3.63, 3.8) is 0 Å². The summed E-state index contributed by atoms with van der Waals surface area (Å²) in [5.74, 6) is -0.0158. The van der Waals surface area contributed by atoms with Gasteiger partial charge in [0.15, 0.2) is 0 Å². The molecule has 2 rings (SSSR count). The molecule has 1 aliphatic heterocycles. The Labute approximate surface area is 136 Å². The lowest BCUT2D eigenvalue weighted by molar-refractivity contribution is -0.126. The third-order valence-electron chi connectivity index (χ3n) is 3.92. The molecular weight excluding hydrogens is 298 g/mol. The Balaban J connectivity index is 1.82. The van der Waals surface area contributed by atoms with Crippen molar-refractivity contribution in [1.29, 1.82) is 0 Å². The average Bonchev–Trinajstić information content (AvgIpc) is 3.00. The number of amides is 3. The number of carbonyl (C=O) groups excluding carboxylic acids is 2. The van der Waals surface area contributed by atoms with Crippen LogP contribution in [0.25, 0.3) is 0 Å². The van der Waals surface area contributed by atoms with Crippen molar-refractivity contribution in [1.82, 2.24) is 15.5 Å². The van der Waals surface area contributed by atoms with Crippen LogP contribution in [0.3, 0.4) is 0 Å². The van der Waals surface area contributed by atoms with Crippen molar-refractivity contribution in [2.45, 2.75) is 39.2 Å². The zero-order valence-electron chi connectivity index (χ0n) is 13.3. The van der Waals surface area contributed by atoms with Crippen molar-refractivity contribution >= 4 is 23.3 Å². The fourth-order valence-electron chi connectivity index (χ4n) is 2.81. The van der Waals surface area contributed by atoms with Crippen LogP contribution in [0.1, 0.15) is 32.3 Å². The first-order valence-electron chi connectivity index (χ1n) is 7.94. The van der Waals surface area contributed by atoms with Crippen LogP contribution in [0, 0.1) is 5.92 Å². The summed E-state index contributed by atoms with van der Waals surface area (Å²) in [6.07, 6.45) is 2.58. The lowest BCUT2D eigenvalue weighted by atomic mass is 9.97. The Bertz CT molecular complexity index is 490. The molecule has 5 nitrogen and oxygen atoms in total. The molecule has 0 aromatic carbocycles. The minimum absolute atomic E-state index is 0.0586. The smallest absolute Gasteiger partial charge is 0.317 e. The molecule has 0 spiro atoms. The van der Waals surface area contributed by atoms with Crippen LogP contribution in [-0.2, 0) is 11.2 Å². The number of nitrogens with zero attached hydrogens (tertiary/aromatic N) is 1. The maximum Gasteiger partial charge on any atom is 0.317 e. The molecule has 0 bridgehead atoms. The zero-order chi connectivity index (χ0) is 15.9. The van der Waals surface area contributed by atoms with Gasteiger partial charge < -0.3 is 15.5 Å². The Kier molecular flexibility index (Phi) is 6.24. The minimum atomic E-state index is -0.0772. The molecule has 2 N–H and O–H groups in total. The van der Waals surface area contributed by atoms with Crippen molar-refractivity contribution < 1.29 is 9.59 Å². The van der Waals surface area contributed by atoms with Gasteiger partial charge in [-0.05, 0) is 55.5 Å². The molecule has 0 unspecified atom stereocenters. The fourth-order valence-corrected chi connectivity index (χ4v) is 3.49. The number of hydrogen-bond acceptors (Lipinski definition) is 3. The summed E-state index contributed by atoms with van der Waals surface area (Å²) < 4.78 is 0. The van der Waals surface area contributed by atoms with Crippen LogP contribution in [0.4, 0.5) is 4.79 Å². The predicted molar refractivity (Wildman–Crippen MR) is 89.0 cm³/mol. The molecular formula is C16H25N3O2S. The molecule has 22 heavy (non-hydrogen) atoms. The first kappa shape index (κ1) is 16.8. The maximum absolute atomic E-state index is 12.3. The number of thiophene rings is 1. The van der Waals surface area contributed by atoms with E-state index in [0.29, 0.717) is 13.1 Å². The van der Waals surface area contributed by atoms with E-state index in [1.54, 1.807) is 16.2 Å². The predicted octanol–water partition coefficient (Wildman–Crippen LogP) is 2.24. The van der Waals surface area contributed by atoms with E-state index in [2.05, 4.69) is 22.1 Å². The molecule has 0 saturated carbocycles. The summed E-state index contributed by atoms with van der Waals surface area (Å²) in [4.78, 5) is 26.1. The van der Waals surface area contributed by atoms with Gasteiger partial charge in [-0.1, -0.05) is 0 Å².